The van der Waals surface area contributed by atoms with E-state index in [2.05, 4.69) is 21.4 Å². The second kappa shape index (κ2) is 2.59. The predicted molar refractivity (Wildman–Crippen MR) is 39.3 cm³/mol. The molecule has 56 valence electrons. The molecule has 0 fully saturated rings. The largest absolute Gasteiger partial charge is 0.480 e. The van der Waals surface area contributed by atoms with Crippen molar-refractivity contribution in [1.82, 2.24) is 10.4 Å². The van der Waals surface area contributed by atoms with E-state index >= 15 is 0 Å². The fourth-order valence-corrected chi connectivity index (χ4v) is 1.05. The number of rotatable bonds is 1. The molecule has 2 N–H and O–H groups in total. The molecule has 1 heterocycles. The summed E-state index contributed by atoms with van der Waals surface area (Å²) < 4.78 is 0.750. The molecule has 1 aliphatic rings. The van der Waals surface area contributed by atoms with Gasteiger partial charge in [0.2, 0.25) is 0 Å². The highest BCUT2D eigenvalue weighted by atomic mass is 79.9. The number of halogens is 1. The minimum absolute atomic E-state index is 0.598. The molecular weight excluding hydrogens is 200 g/mol. The molecule has 0 saturated heterocycles. The Balaban J connectivity index is 2.65. The van der Waals surface area contributed by atoms with E-state index in [1.165, 1.54) is 0 Å². The second-order valence-electron chi connectivity index (χ2n) is 1.99. The van der Waals surface area contributed by atoms with Crippen molar-refractivity contribution in [3.63, 3.8) is 0 Å². The SMILES string of the molecule is CN1NC(C(=O)O)C=C1Br. The van der Waals surface area contributed by atoms with Crippen LogP contribution in [-0.2, 0) is 4.79 Å². The number of carbonyl (C=O) groups is 1. The maximum atomic E-state index is 10.3. The summed E-state index contributed by atoms with van der Waals surface area (Å²) in [4.78, 5) is 10.3. The van der Waals surface area contributed by atoms with E-state index in [0.717, 1.165) is 4.61 Å². The van der Waals surface area contributed by atoms with E-state index < -0.39 is 12.0 Å². The minimum atomic E-state index is -0.874. The van der Waals surface area contributed by atoms with Crippen molar-refractivity contribution in [3.05, 3.63) is 10.7 Å². The van der Waals surface area contributed by atoms with Gasteiger partial charge in [-0.25, -0.2) is 5.43 Å². The quantitative estimate of drug-likeness (QED) is 0.600. The van der Waals surface area contributed by atoms with E-state index in [9.17, 15) is 4.79 Å². The monoisotopic (exact) mass is 206 g/mol. The van der Waals surface area contributed by atoms with Gasteiger partial charge in [-0.15, -0.1) is 0 Å². The number of hydrazine groups is 1. The zero-order valence-corrected chi connectivity index (χ0v) is 6.92. The van der Waals surface area contributed by atoms with Crippen LogP contribution in [0.3, 0.4) is 0 Å². The first kappa shape index (κ1) is 7.56. The summed E-state index contributed by atoms with van der Waals surface area (Å²) in [6.45, 7) is 0. The molecule has 0 aromatic rings. The van der Waals surface area contributed by atoms with E-state index in [1.54, 1.807) is 18.1 Å². The standard InChI is InChI=1S/C5H7BrN2O2/c1-8-4(6)2-3(7-8)5(9)10/h2-3,7H,1H3,(H,9,10). The van der Waals surface area contributed by atoms with Crippen molar-refractivity contribution in [1.29, 1.82) is 0 Å². The Morgan fingerprint density at radius 1 is 2.00 bits per heavy atom. The maximum absolute atomic E-state index is 10.3. The maximum Gasteiger partial charge on any atom is 0.326 e. The number of nitrogens with zero attached hydrogens (tertiary/aromatic N) is 1. The van der Waals surface area contributed by atoms with Gasteiger partial charge in [-0.1, -0.05) is 0 Å². The molecule has 0 radical (unpaired) electrons. The molecule has 0 bridgehead atoms. The van der Waals surface area contributed by atoms with Crippen LogP contribution in [0.15, 0.2) is 10.7 Å². The average Bonchev–Trinajstić information content (AvgIpc) is 2.13. The van der Waals surface area contributed by atoms with Gasteiger partial charge in [0.1, 0.15) is 6.04 Å². The Morgan fingerprint density at radius 3 is 2.80 bits per heavy atom. The van der Waals surface area contributed by atoms with Crippen molar-refractivity contribution in [2.75, 3.05) is 7.05 Å². The summed E-state index contributed by atoms with van der Waals surface area (Å²) in [6, 6.07) is -0.598. The van der Waals surface area contributed by atoms with Gasteiger partial charge in [0, 0.05) is 7.05 Å². The Labute approximate surface area is 66.6 Å². The van der Waals surface area contributed by atoms with Crippen LogP contribution in [0.1, 0.15) is 0 Å². The van der Waals surface area contributed by atoms with Gasteiger partial charge in [-0.3, -0.25) is 4.79 Å². The van der Waals surface area contributed by atoms with Crippen LogP contribution in [0.25, 0.3) is 0 Å². The summed E-state index contributed by atoms with van der Waals surface area (Å²) in [5.41, 5.74) is 2.70. The van der Waals surface area contributed by atoms with Crippen molar-refractivity contribution in [3.8, 4) is 0 Å². The molecule has 0 saturated carbocycles. The van der Waals surface area contributed by atoms with Gasteiger partial charge >= 0.3 is 5.97 Å². The second-order valence-corrected chi connectivity index (χ2v) is 2.81. The van der Waals surface area contributed by atoms with Gasteiger partial charge in [0.25, 0.3) is 0 Å². The number of carboxylic acids is 1. The minimum Gasteiger partial charge on any atom is -0.480 e. The highest BCUT2D eigenvalue weighted by molar-refractivity contribution is 9.11. The van der Waals surface area contributed by atoms with Crippen LogP contribution in [0.5, 0.6) is 0 Å². The number of aliphatic carboxylic acids is 1. The topological polar surface area (TPSA) is 52.6 Å². The first-order valence-corrected chi connectivity index (χ1v) is 3.50. The normalized spacial score (nSPS) is 24.8. The summed E-state index contributed by atoms with van der Waals surface area (Å²) >= 11 is 3.17. The molecule has 4 nitrogen and oxygen atoms in total. The molecular formula is C5H7BrN2O2. The number of hydrogen-bond acceptors (Lipinski definition) is 3. The third kappa shape index (κ3) is 1.30. The van der Waals surface area contributed by atoms with Crippen LogP contribution in [0, 0.1) is 0 Å². The van der Waals surface area contributed by atoms with Gasteiger partial charge in [0.05, 0.1) is 4.61 Å². The molecule has 0 spiro atoms. The number of hydrogen-bond donors (Lipinski definition) is 2. The highest BCUT2D eigenvalue weighted by Crippen LogP contribution is 2.15. The van der Waals surface area contributed by atoms with Crippen LogP contribution < -0.4 is 5.43 Å². The third-order valence-corrected chi connectivity index (χ3v) is 2.02. The predicted octanol–water partition coefficient (Wildman–Crippen LogP) is 0.126. The van der Waals surface area contributed by atoms with Crippen molar-refractivity contribution in [2.45, 2.75) is 6.04 Å². The molecule has 1 aliphatic heterocycles. The molecule has 10 heavy (non-hydrogen) atoms. The number of nitrogens with one attached hydrogen (secondary N) is 1. The molecule has 0 aromatic carbocycles. The van der Waals surface area contributed by atoms with E-state index in [4.69, 9.17) is 5.11 Å². The summed E-state index contributed by atoms with van der Waals surface area (Å²) in [6.07, 6.45) is 1.59. The number of carboxylic acid groups (broad SMARTS) is 1. The van der Waals surface area contributed by atoms with Gasteiger partial charge in [-0.05, 0) is 22.0 Å². The first-order valence-electron chi connectivity index (χ1n) is 2.71. The van der Waals surface area contributed by atoms with Crippen LogP contribution in [0.4, 0.5) is 0 Å². The molecule has 1 atom stereocenters. The fraction of sp³-hybridized carbons (Fsp3) is 0.400. The van der Waals surface area contributed by atoms with E-state index in [1.807, 2.05) is 0 Å². The lowest BCUT2D eigenvalue weighted by atomic mass is 10.3. The van der Waals surface area contributed by atoms with Crippen molar-refractivity contribution in [2.24, 2.45) is 0 Å². The smallest absolute Gasteiger partial charge is 0.326 e. The third-order valence-electron chi connectivity index (χ3n) is 1.22. The Bertz CT molecular complexity index is 192. The molecule has 0 aromatic heterocycles. The zero-order valence-electron chi connectivity index (χ0n) is 5.34. The van der Waals surface area contributed by atoms with E-state index in [-0.39, 0.29) is 0 Å². The Kier molecular flexibility index (Phi) is 1.96. The van der Waals surface area contributed by atoms with Crippen LogP contribution in [0.2, 0.25) is 0 Å². The molecule has 1 unspecified atom stereocenters. The van der Waals surface area contributed by atoms with Gasteiger partial charge < -0.3 is 10.1 Å². The van der Waals surface area contributed by atoms with Gasteiger partial charge in [0.15, 0.2) is 0 Å². The van der Waals surface area contributed by atoms with Gasteiger partial charge in [-0.2, -0.15) is 0 Å². The van der Waals surface area contributed by atoms with Crippen molar-refractivity contribution >= 4 is 21.9 Å². The van der Waals surface area contributed by atoms with Crippen LogP contribution in [-0.4, -0.2) is 29.2 Å². The van der Waals surface area contributed by atoms with Crippen molar-refractivity contribution < 1.29 is 9.90 Å². The molecule has 0 aliphatic carbocycles. The Morgan fingerprint density at radius 2 is 2.60 bits per heavy atom. The van der Waals surface area contributed by atoms with E-state index in [0.29, 0.717) is 0 Å². The summed E-state index contributed by atoms with van der Waals surface area (Å²) in [5.74, 6) is -0.874. The summed E-state index contributed by atoms with van der Waals surface area (Å²) in [5, 5.41) is 10.1. The lowest BCUT2D eigenvalue weighted by Crippen LogP contribution is -2.38. The highest BCUT2D eigenvalue weighted by Gasteiger charge is 2.23. The molecule has 5 heteroatoms. The zero-order chi connectivity index (χ0) is 7.72. The Hall–Kier alpha value is -0.550. The fourth-order valence-electron chi connectivity index (χ4n) is 0.683. The lowest BCUT2D eigenvalue weighted by Gasteiger charge is -2.12. The molecule has 1 rings (SSSR count). The molecule has 0 amide bonds. The van der Waals surface area contributed by atoms with Crippen LogP contribution >= 0.6 is 15.9 Å². The first-order chi connectivity index (χ1) is 4.61. The lowest BCUT2D eigenvalue weighted by molar-refractivity contribution is -0.138. The summed E-state index contributed by atoms with van der Waals surface area (Å²) in [7, 11) is 1.74. The average molecular weight is 207 g/mol.